The van der Waals surface area contributed by atoms with E-state index in [9.17, 15) is 14.9 Å². The van der Waals surface area contributed by atoms with Crippen LogP contribution >= 0.6 is 0 Å². The van der Waals surface area contributed by atoms with Crippen LogP contribution in [-0.4, -0.2) is 18.9 Å². The Morgan fingerprint density at radius 3 is 2.50 bits per heavy atom. The largest absolute Gasteiger partial charge is 0.347 e. The van der Waals surface area contributed by atoms with Crippen LogP contribution in [0.5, 0.6) is 0 Å². The molecular weight excluding hydrogens is 302 g/mol. The Balaban J connectivity index is 1.93. The molecule has 5 heteroatoms. The van der Waals surface area contributed by atoms with Crippen molar-refractivity contribution in [1.29, 1.82) is 5.26 Å². The van der Waals surface area contributed by atoms with Crippen molar-refractivity contribution in [3.05, 3.63) is 71.3 Å². The minimum Gasteiger partial charge on any atom is -0.347 e. The quantitative estimate of drug-likeness (QED) is 0.697. The summed E-state index contributed by atoms with van der Waals surface area (Å²) in [5, 5.41) is 12.1. The number of likely N-dealkylation sites (N-methyl/N-ethyl adjacent to an activating group) is 1. The minimum atomic E-state index is -0.546. The highest BCUT2D eigenvalue weighted by Gasteiger charge is 2.34. The van der Waals surface area contributed by atoms with E-state index in [-0.39, 0.29) is 17.1 Å². The van der Waals surface area contributed by atoms with Crippen molar-refractivity contribution in [2.45, 2.75) is 6.54 Å². The van der Waals surface area contributed by atoms with E-state index in [1.54, 1.807) is 25.2 Å². The molecule has 2 aromatic rings. The molecule has 0 aromatic heterocycles. The zero-order valence-corrected chi connectivity index (χ0v) is 13.1. The van der Waals surface area contributed by atoms with E-state index in [0.29, 0.717) is 17.8 Å². The summed E-state index contributed by atoms with van der Waals surface area (Å²) in [4.78, 5) is 26.4. The molecule has 0 atom stereocenters. The van der Waals surface area contributed by atoms with Gasteiger partial charge in [-0.3, -0.25) is 9.59 Å². The lowest BCUT2D eigenvalue weighted by Crippen LogP contribution is -2.27. The van der Waals surface area contributed by atoms with E-state index in [1.165, 1.54) is 4.90 Å². The average Bonchev–Trinajstić information content (AvgIpc) is 2.87. The van der Waals surface area contributed by atoms with Crippen LogP contribution in [0.15, 0.2) is 60.2 Å². The number of fused-ring (bicyclic) bond motifs is 1. The van der Waals surface area contributed by atoms with Gasteiger partial charge in [0.1, 0.15) is 11.6 Å². The van der Waals surface area contributed by atoms with E-state index in [2.05, 4.69) is 5.32 Å². The molecule has 0 saturated carbocycles. The van der Waals surface area contributed by atoms with Gasteiger partial charge in [-0.2, -0.15) is 5.26 Å². The van der Waals surface area contributed by atoms with Crippen LogP contribution in [-0.2, 0) is 16.1 Å². The van der Waals surface area contributed by atoms with Gasteiger partial charge in [-0.05, 0) is 11.6 Å². The number of amides is 2. The minimum absolute atomic E-state index is 0.154. The number of carbonyl (C=O) groups excluding carboxylic acids is 2. The van der Waals surface area contributed by atoms with Crippen molar-refractivity contribution in [1.82, 2.24) is 5.32 Å². The van der Waals surface area contributed by atoms with Crippen LogP contribution in [0.1, 0.15) is 11.1 Å². The third-order valence-corrected chi connectivity index (χ3v) is 3.94. The van der Waals surface area contributed by atoms with E-state index in [0.717, 1.165) is 5.56 Å². The maximum Gasteiger partial charge on any atom is 0.263 e. The van der Waals surface area contributed by atoms with Gasteiger partial charge in [-0.15, -0.1) is 0 Å². The molecule has 1 N–H and O–H groups in total. The van der Waals surface area contributed by atoms with Gasteiger partial charge in [0, 0.05) is 19.2 Å². The molecule has 1 aliphatic rings. The predicted octanol–water partition coefficient (Wildman–Crippen LogP) is 2.26. The molecule has 0 aliphatic carbocycles. The van der Waals surface area contributed by atoms with Crippen molar-refractivity contribution in [2.24, 2.45) is 0 Å². The van der Waals surface area contributed by atoms with Crippen LogP contribution in [0.25, 0.3) is 5.57 Å². The molecule has 2 aromatic carbocycles. The highest BCUT2D eigenvalue weighted by molar-refractivity contribution is 6.36. The first kappa shape index (κ1) is 15.5. The molecule has 3 rings (SSSR count). The second kappa shape index (κ2) is 6.39. The Bertz CT molecular complexity index is 879. The first-order valence-corrected chi connectivity index (χ1v) is 7.47. The summed E-state index contributed by atoms with van der Waals surface area (Å²) in [7, 11) is 1.63. The molecule has 118 valence electrons. The molecule has 0 spiro atoms. The Labute approximate surface area is 139 Å². The highest BCUT2D eigenvalue weighted by atomic mass is 16.2. The molecule has 0 bridgehead atoms. The van der Waals surface area contributed by atoms with Crippen LogP contribution < -0.4 is 10.2 Å². The molecule has 0 saturated heterocycles. The average molecular weight is 317 g/mol. The zero-order chi connectivity index (χ0) is 17.1. The third kappa shape index (κ3) is 2.66. The Hall–Kier alpha value is -3.39. The smallest absolute Gasteiger partial charge is 0.263 e. The molecule has 24 heavy (non-hydrogen) atoms. The normalized spacial score (nSPS) is 14.8. The molecule has 1 heterocycles. The summed E-state index contributed by atoms with van der Waals surface area (Å²) in [6, 6.07) is 18.4. The molecule has 0 radical (unpaired) electrons. The number of carbonyl (C=O) groups is 2. The van der Waals surface area contributed by atoms with Gasteiger partial charge < -0.3 is 10.2 Å². The first-order chi connectivity index (χ1) is 11.6. The predicted molar refractivity (Wildman–Crippen MR) is 90.7 cm³/mol. The second-order valence-electron chi connectivity index (χ2n) is 5.41. The lowest BCUT2D eigenvalue weighted by atomic mass is 10.0. The number of benzene rings is 2. The van der Waals surface area contributed by atoms with Gasteiger partial charge in [0.25, 0.3) is 11.8 Å². The number of nitrogens with zero attached hydrogens (tertiary/aromatic N) is 2. The van der Waals surface area contributed by atoms with Crippen LogP contribution in [0, 0.1) is 11.3 Å². The van der Waals surface area contributed by atoms with Gasteiger partial charge >= 0.3 is 0 Å². The third-order valence-electron chi connectivity index (χ3n) is 3.94. The number of nitriles is 1. The van der Waals surface area contributed by atoms with Crippen LogP contribution in [0.2, 0.25) is 0 Å². The van der Waals surface area contributed by atoms with Crippen molar-refractivity contribution in [3.63, 3.8) is 0 Å². The Kier molecular flexibility index (Phi) is 4.13. The standard InChI is InChI=1S/C19H15N3O2/c1-22-16-10-6-5-9-14(16)17(19(22)24)15(11-20)18(23)21-12-13-7-3-2-4-8-13/h2-10H,12H2,1H3,(H,21,23)/b17-15-. The monoisotopic (exact) mass is 317 g/mol. The van der Waals surface area contributed by atoms with Crippen LogP contribution in [0.4, 0.5) is 5.69 Å². The summed E-state index contributed by atoms with van der Waals surface area (Å²) >= 11 is 0. The van der Waals surface area contributed by atoms with Gasteiger partial charge in [0.15, 0.2) is 0 Å². The highest BCUT2D eigenvalue weighted by Crippen LogP contribution is 2.37. The van der Waals surface area contributed by atoms with Gasteiger partial charge in [-0.1, -0.05) is 48.5 Å². The lowest BCUT2D eigenvalue weighted by molar-refractivity contribution is -0.118. The molecule has 0 fully saturated rings. The Morgan fingerprint density at radius 2 is 1.79 bits per heavy atom. The number of para-hydroxylation sites is 1. The number of hydrogen-bond donors (Lipinski definition) is 1. The molecular formula is C19H15N3O2. The fourth-order valence-electron chi connectivity index (χ4n) is 2.70. The van der Waals surface area contributed by atoms with Gasteiger partial charge in [-0.25, -0.2) is 0 Å². The maximum absolute atomic E-state index is 12.5. The van der Waals surface area contributed by atoms with Crippen molar-refractivity contribution < 1.29 is 9.59 Å². The van der Waals surface area contributed by atoms with Crippen molar-refractivity contribution in [3.8, 4) is 6.07 Å². The van der Waals surface area contributed by atoms with Crippen molar-refractivity contribution in [2.75, 3.05) is 11.9 Å². The fourth-order valence-corrected chi connectivity index (χ4v) is 2.70. The van der Waals surface area contributed by atoms with Crippen molar-refractivity contribution >= 4 is 23.1 Å². The Morgan fingerprint density at radius 1 is 1.12 bits per heavy atom. The second-order valence-corrected chi connectivity index (χ2v) is 5.41. The summed E-state index contributed by atoms with van der Waals surface area (Å²) in [6.07, 6.45) is 0. The van der Waals surface area contributed by atoms with Crippen LogP contribution in [0.3, 0.4) is 0 Å². The number of anilines is 1. The van der Waals surface area contributed by atoms with E-state index in [1.807, 2.05) is 42.5 Å². The van der Waals surface area contributed by atoms with E-state index in [4.69, 9.17) is 0 Å². The summed E-state index contributed by atoms with van der Waals surface area (Å²) in [5.74, 6) is -0.891. The SMILES string of the molecule is CN1C(=O)/C(=C(/C#N)C(=O)NCc2ccccc2)c2ccccc21. The van der Waals surface area contributed by atoms with Gasteiger partial charge in [0.05, 0.1) is 11.3 Å². The summed E-state index contributed by atoms with van der Waals surface area (Å²) < 4.78 is 0. The lowest BCUT2D eigenvalue weighted by Gasteiger charge is -2.08. The molecule has 0 unspecified atom stereocenters. The number of rotatable bonds is 3. The molecule has 2 amide bonds. The summed E-state index contributed by atoms with van der Waals surface area (Å²) in [5.41, 5.74) is 2.22. The topological polar surface area (TPSA) is 73.2 Å². The number of nitrogens with one attached hydrogen (secondary N) is 1. The van der Waals surface area contributed by atoms with E-state index >= 15 is 0 Å². The first-order valence-electron chi connectivity index (χ1n) is 7.47. The number of hydrogen-bond acceptors (Lipinski definition) is 3. The molecule has 5 nitrogen and oxygen atoms in total. The molecule has 1 aliphatic heterocycles. The van der Waals surface area contributed by atoms with E-state index < -0.39 is 5.91 Å². The fraction of sp³-hybridized carbons (Fsp3) is 0.105. The van der Waals surface area contributed by atoms with Gasteiger partial charge in [0.2, 0.25) is 0 Å². The summed E-state index contributed by atoms with van der Waals surface area (Å²) in [6.45, 7) is 0.295. The maximum atomic E-state index is 12.5. The zero-order valence-electron chi connectivity index (χ0n) is 13.1.